The molecule has 1 fully saturated rings. The topological polar surface area (TPSA) is 47.0 Å². The van der Waals surface area contributed by atoms with Gasteiger partial charge in [0.05, 0.1) is 17.8 Å². The molecule has 0 bridgehead atoms. The highest BCUT2D eigenvalue weighted by Gasteiger charge is 2.37. The number of rotatable bonds is 7. The fourth-order valence-electron chi connectivity index (χ4n) is 3.82. The predicted molar refractivity (Wildman–Crippen MR) is 114 cm³/mol. The highest BCUT2D eigenvalue weighted by atomic mass is 35.5. The van der Waals surface area contributed by atoms with E-state index in [2.05, 4.69) is 4.90 Å². The van der Waals surface area contributed by atoms with E-state index in [1.54, 1.807) is 41.1 Å². The molecule has 0 unspecified atom stereocenters. The molecule has 162 valence electrons. The van der Waals surface area contributed by atoms with Crippen LogP contribution in [0.25, 0.3) is 0 Å². The summed E-state index contributed by atoms with van der Waals surface area (Å²) >= 11 is 5.89. The smallest absolute Gasteiger partial charge is 0.253 e. The van der Waals surface area contributed by atoms with Crippen LogP contribution in [-0.4, -0.2) is 72.7 Å². The summed E-state index contributed by atoms with van der Waals surface area (Å²) < 4.78 is 27.1. The van der Waals surface area contributed by atoms with Crippen molar-refractivity contribution in [3.8, 4) is 0 Å². The van der Waals surface area contributed by atoms with Crippen LogP contribution in [0.15, 0.2) is 42.5 Å². The minimum atomic E-state index is -0.672. The zero-order valence-corrected chi connectivity index (χ0v) is 17.8. The monoisotopic (exact) mass is 437 g/mol. The standard InChI is InChI=1S/C22H26ClF2N3O2/c1-3-27(11-10-26(2)19-9-8-17(24)12-18(19)25)20-13-28(14-21(20)29)22(30)15-4-6-16(23)7-5-15/h4-9,12,20-21,29H,3,10-11,13-14H2,1-2H3/t20-,21-/m1/s1. The lowest BCUT2D eigenvalue weighted by atomic mass is 10.1. The van der Waals surface area contributed by atoms with Crippen LogP contribution in [0, 0.1) is 11.6 Å². The highest BCUT2D eigenvalue weighted by molar-refractivity contribution is 6.30. The maximum atomic E-state index is 14.0. The first-order valence-corrected chi connectivity index (χ1v) is 10.3. The number of hydrogen-bond donors (Lipinski definition) is 1. The van der Waals surface area contributed by atoms with Gasteiger partial charge in [-0.1, -0.05) is 18.5 Å². The zero-order valence-electron chi connectivity index (χ0n) is 17.1. The maximum Gasteiger partial charge on any atom is 0.253 e. The Kier molecular flexibility index (Phi) is 7.28. The number of carbonyl (C=O) groups is 1. The Balaban J connectivity index is 1.62. The number of benzene rings is 2. The summed E-state index contributed by atoms with van der Waals surface area (Å²) in [6, 6.07) is 9.99. The molecule has 1 aliphatic rings. The van der Waals surface area contributed by atoms with Crippen molar-refractivity contribution in [1.82, 2.24) is 9.80 Å². The fourth-order valence-corrected chi connectivity index (χ4v) is 3.94. The predicted octanol–water partition coefficient (Wildman–Crippen LogP) is 3.26. The first-order chi connectivity index (χ1) is 14.3. The number of likely N-dealkylation sites (tertiary alicyclic amines) is 1. The summed E-state index contributed by atoms with van der Waals surface area (Å²) in [5.74, 6) is -1.37. The van der Waals surface area contributed by atoms with Gasteiger partial charge in [-0.15, -0.1) is 0 Å². The molecule has 0 aliphatic carbocycles. The van der Waals surface area contributed by atoms with Gasteiger partial charge in [-0.25, -0.2) is 8.78 Å². The molecule has 2 aromatic carbocycles. The fraction of sp³-hybridized carbons (Fsp3) is 0.409. The number of β-amino-alcohol motifs (C(OH)–C–C–N with tert-alkyl or cyclic N) is 1. The van der Waals surface area contributed by atoms with Crippen molar-refractivity contribution < 1.29 is 18.7 Å². The third-order valence-corrected chi connectivity index (χ3v) is 5.81. The summed E-state index contributed by atoms with van der Waals surface area (Å²) in [6.45, 7) is 4.37. The Labute approximate surface area is 180 Å². The van der Waals surface area contributed by atoms with Gasteiger partial charge in [0.15, 0.2) is 0 Å². The molecule has 1 amide bonds. The SMILES string of the molecule is CCN(CCN(C)c1ccc(F)cc1F)[C@@H]1CN(C(=O)c2ccc(Cl)cc2)C[C@H]1O. The Morgan fingerprint density at radius 2 is 1.87 bits per heavy atom. The summed E-state index contributed by atoms with van der Waals surface area (Å²) in [6.07, 6.45) is -0.672. The van der Waals surface area contributed by atoms with Crippen molar-refractivity contribution in [1.29, 1.82) is 0 Å². The van der Waals surface area contributed by atoms with Gasteiger partial charge in [0.1, 0.15) is 11.6 Å². The average Bonchev–Trinajstić information content (AvgIpc) is 3.10. The number of amides is 1. The largest absolute Gasteiger partial charge is 0.390 e. The van der Waals surface area contributed by atoms with Gasteiger partial charge in [0, 0.05) is 49.9 Å². The second kappa shape index (κ2) is 9.73. The van der Waals surface area contributed by atoms with E-state index in [4.69, 9.17) is 11.6 Å². The molecule has 1 heterocycles. The number of likely N-dealkylation sites (N-methyl/N-ethyl adjacent to an activating group) is 2. The van der Waals surface area contributed by atoms with Crippen molar-refractivity contribution in [2.45, 2.75) is 19.1 Å². The molecule has 2 atom stereocenters. The lowest BCUT2D eigenvalue weighted by Crippen LogP contribution is -2.46. The molecule has 0 aromatic heterocycles. The summed E-state index contributed by atoms with van der Waals surface area (Å²) in [5, 5.41) is 11.1. The number of hydrogen-bond acceptors (Lipinski definition) is 4. The van der Waals surface area contributed by atoms with Gasteiger partial charge in [-0.2, -0.15) is 0 Å². The number of aliphatic hydroxyl groups is 1. The normalized spacial score (nSPS) is 18.8. The molecule has 5 nitrogen and oxygen atoms in total. The second-order valence-electron chi connectivity index (χ2n) is 7.50. The van der Waals surface area contributed by atoms with Crippen LogP contribution in [-0.2, 0) is 0 Å². The van der Waals surface area contributed by atoms with Crippen molar-refractivity contribution in [3.63, 3.8) is 0 Å². The molecule has 1 aliphatic heterocycles. The van der Waals surface area contributed by atoms with Crippen LogP contribution in [0.1, 0.15) is 17.3 Å². The van der Waals surface area contributed by atoms with Gasteiger partial charge in [-0.3, -0.25) is 9.69 Å². The van der Waals surface area contributed by atoms with Crippen molar-refractivity contribution >= 4 is 23.2 Å². The number of halogens is 3. The first-order valence-electron chi connectivity index (χ1n) is 9.93. The minimum Gasteiger partial charge on any atom is -0.390 e. The van der Waals surface area contributed by atoms with Crippen LogP contribution in [0.3, 0.4) is 0 Å². The summed E-state index contributed by atoms with van der Waals surface area (Å²) in [7, 11) is 1.74. The van der Waals surface area contributed by atoms with E-state index in [0.29, 0.717) is 42.5 Å². The van der Waals surface area contributed by atoms with E-state index >= 15 is 0 Å². The molecule has 0 spiro atoms. The van der Waals surface area contributed by atoms with E-state index in [9.17, 15) is 18.7 Å². The number of carbonyl (C=O) groups excluding carboxylic acids is 1. The van der Waals surface area contributed by atoms with Crippen LogP contribution in [0.2, 0.25) is 5.02 Å². The van der Waals surface area contributed by atoms with Crippen LogP contribution >= 0.6 is 11.6 Å². The Bertz CT molecular complexity index is 881. The Morgan fingerprint density at radius 3 is 2.50 bits per heavy atom. The molecule has 1 N–H and O–H groups in total. The zero-order chi connectivity index (χ0) is 21.8. The molecular formula is C22H26ClF2N3O2. The highest BCUT2D eigenvalue weighted by Crippen LogP contribution is 2.22. The lowest BCUT2D eigenvalue weighted by Gasteiger charge is -2.31. The molecule has 0 radical (unpaired) electrons. The van der Waals surface area contributed by atoms with Gasteiger partial charge in [0.25, 0.3) is 5.91 Å². The quantitative estimate of drug-likeness (QED) is 0.722. The lowest BCUT2D eigenvalue weighted by molar-refractivity contribution is 0.0761. The van der Waals surface area contributed by atoms with E-state index in [1.807, 2.05) is 6.92 Å². The van der Waals surface area contributed by atoms with E-state index in [-0.39, 0.29) is 18.5 Å². The molecule has 3 rings (SSSR count). The third-order valence-electron chi connectivity index (χ3n) is 5.56. The van der Waals surface area contributed by atoms with Crippen molar-refractivity contribution in [3.05, 3.63) is 64.7 Å². The molecule has 0 saturated carbocycles. The molecular weight excluding hydrogens is 412 g/mol. The van der Waals surface area contributed by atoms with Crippen LogP contribution < -0.4 is 4.90 Å². The minimum absolute atomic E-state index is 0.144. The van der Waals surface area contributed by atoms with E-state index in [1.165, 1.54) is 12.1 Å². The van der Waals surface area contributed by atoms with Gasteiger partial charge in [-0.05, 0) is 42.9 Å². The van der Waals surface area contributed by atoms with Gasteiger partial charge in [0.2, 0.25) is 0 Å². The van der Waals surface area contributed by atoms with E-state index in [0.717, 1.165) is 6.07 Å². The van der Waals surface area contributed by atoms with Crippen LogP contribution in [0.5, 0.6) is 0 Å². The Morgan fingerprint density at radius 1 is 1.17 bits per heavy atom. The molecule has 30 heavy (non-hydrogen) atoms. The van der Waals surface area contributed by atoms with Gasteiger partial charge < -0.3 is 14.9 Å². The van der Waals surface area contributed by atoms with Crippen molar-refractivity contribution in [2.75, 3.05) is 44.7 Å². The summed E-state index contributed by atoms with van der Waals surface area (Å²) in [5.41, 5.74) is 0.848. The van der Waals surface area contributed by atoms with Crippen molar-refractivity contribution in [2.24, 2.45) is 0 Å². The molecule has 8 heteroatoms. The third kappa shape index (κ3) is 5.09. The van der Waals surface area contributed by atoms with Crippen LogP contribution in [0.4, 0.5) is 14.5 Å². The Hall–Kier alpha value is -2.22. The number of nitrogens with zero attached hydrogens (tertiary/aromatic N) is 3. The maximum absolute atomic E-state index is 14.0. The van der Waals surface area contributed by atoms with Gasteiger partial charge >= 0.3 is 0 Å². The average molecular weight is 438 g/mol. The summed E-state index contributed by atoms with van der Waals surface area (Å²) in [4.78, 5) is 18.2. The molecule has 2 aromatic rings. The second-order valence-corrected chi connectivity index (χ2v) is 7.93. The number of anilines is 1. The molecule has 1 saturated heterocycles. The van der Waals surface area contributed by atoms with E-state index < -0.39 is 17.7 Å². The number of aliphatic hydroxyl groups excluding tert-OH is 1. The first kappa shape index (κ1) is 22.5.